The van der Waals surface area contributed by atoms with Gasteiger partial charge < -0.3 is 20.0 Å². The number of likely N-dealkylation sites (N-methyl/N-ethyl adjacent to an activating group) is 1. The van der Waals surface area contributed by atoms with Crippen molar-refractivity contribution in [2.45, 2.75) is 51.6 Å². The number of halogens is 1. The van der Waals surface area contributed by atoms with E-state index in [1.165, 1.54) is 17.5 Å². The Balaban J connectivity index is 1.22. The van der Waals surface area contributed by atoms with Crippen molar-refractivity contribution >= 4 is 35.0 Å². The molecule has 3 fully saturated rings. The van der Waals surface area contributed by atoms with Crippen LogP contribution in [0, 0.1) is 5.41 Å². The number of carbonyl (C=O) groups excluding carboxylic acids is 3. The van der Waals surface area contributed by atoms with Crippen molar-refractivity contribution in [2.75, 3.05) is 57.8 Å². The van der Waals surface area contributed by atoms with Crippen LogP contribution in [0.25, 0.3) is 0 Å². The van der Waals surface area contributed by atoms with Gasteiger partial charge in [0.2, 0.25) is 17.7 Å². The molecule has 9 heteroatoms. The van der Waals surface area contributed by atoms with Crippen LogP contribution in [0.2, 0.25) is 5.02 Å². The standard InChI is InChI=1S/C26H38ClN5O3/c1-19(29(3)20(2)33)24(34)32-11-8-26(9-12-32)18-22(28-25(26)35)7-10-30-13-15-31(16-14-30)23-6-4-5-21(27)17-23/h4-6,17,19,22H,7-16,18H2,1-3H3,(H,28,35)/t19-,22+/m1/s1. The maximum Gasteiger partial charge on any atom is 0.245 e. The van der Waals surface area contributed by atoms with Gasteiger partial charge in [0.15, 0.2) is 0 Å². The highest BCUT2D eigenvalue weighted by Gasteiger charge is 2.49. The summed E-state index contributed by atoms with van der Waals surface area (Å²) in [4.78, 5) is 45.5. The van der Waals surface area contributed by atoms with E-state index in [0.717, 1.165) is 50.6 Å². The van der Waals surface area contributed by atoms with Gasteiger partial charge in [0.25, 0.3) is 0 Å². The van der Waals surface area contributed by atoms with Gasteiger partial charge in [-0.2, -0.15) is 0 Å². The molecule has 0 aromatic heterocycles. The number of rotatable bonds is 6. The maximum absolute atomic E-state index is 12.9. The predicted octanol–water partition coefficient (Wildman–Crippen LogP) is 2.22. The third-order valence-electron chi connectivity index (χ3n) is 8.26. The lowest BCUT2D eigenvalue weighted by Crippen LogP contribution is -2.52. The van der Waals surface area contributed by atoms with E-state index in [9.17, 15) is 14.4 Å². The molecule has 8 nitrogen and oxygen atoms in total. The lowest BCUT2D eigenvalue weighted by Gasteiger charge is -2.39. The number of hydrogen-bond acceptors (Lipinski definition) is 5. The highest BCUT2D eigenvalue weighted by atomic mass is 35.5. The molecular weight excluding hydrogens is 466 g/mol. The number of benzene rings is 1. The van der Waals surface area contributed by atoms with Crippen molar-refractivity contribution in [3.8, 4) is 0 Å². The molecule has 4 rings (SSSR count). The van der Waals surface area contributed by atoms with Gasteiger partial charge in [-0.05, 0) is 50.8 Å². The minimum absolute atomic E-state index is 0.0376. The number of likely N-dealkylation sites (tertiary alicyclic amines) is 1. The Bertz CT molecular complexity index is 941. The topological polar surface area (TPSA) is 76.2 Å². The van der Waals surface area contributed by atoms with Crippen LogP contribution in [-0.4, -0.2) is 97.4 Å². The van der Waals surface area contributed by atoms with Crippen molar-refractivity contribution in [3.05, 3.63) is 29.3 Å². The summed E-state index contributed by atoms with van der Waals surface area (Å²) in [6.07, 6.45) is 3.18. The van der Waals surface area contributed by atoms with Crippen LogP contribution in [0.4, 0.5) is 5.69 Å². The van der Waals surface area contributed by atoms with Gasteiger partial charge in [0.05, 0.1) is 5.41 Å². The number of piperazine rings is 1. The number of carbonyl (C=O) groups is 3. The fourth-order valence-electron chi connectivity index (χ4n) is 5.66. The monoisotopic (exact) mass is 503 g/mol. The molecule has 0 saturated carbocycles. The molecular formula is C26H38ClN5O3. The maximum atomic E-state index is 12.9. The summed E-state index contributed by atoms with van der Waals surface area (Å²) >= 11 is 6.14. The lowest BCUT2D eigenvalue weighted by atomic mass is 9.75. The molecule has 3 saturated heterocycles. The number of nitrogens with one attached hydrogen (secondary N) is 1. The van der Waals surface area contributed by atoms with E-state index in [4.69, 9.17) is 11.6 Å². The molecule has 3 aliphatic heterocycles. The van der Waals surface area contributed by atoms with Crippen LogP contribution >= 0.6 is 11.6 Å². The van der Waals surface area contributed by atoms with Gasteiger partial charge in [-0.1, -0.05) is 17.7 Å². The van der Waals surface area contributed by atoms with Crippen LogP contribution in [0.3, 0.4) is 0 Å². The molecule has 3 aliphatic rings. The van der Waals surface area contributed by atoms with Gasteiger partial charge in [-0.25, -0.2) is 0 Å². The van der Waals surface area contributed by atoms with Crippen molar-refractivity contribution in [1.82, 2.24) is 20.0 Å². The Morgan fingerprint density at radius 2 is 1.86 bits per heavy atom. The first-order chi connectivity index (χ1) is 16.7. The van der Waals surface area contributed by atoms with Gasteiger partial charge in [-0.15, -0.1) is 0 Å². The molecule has 2 atom stereocenters. The summed E-state index contributed by atoms with van der Waals surface area (Å²) in [6.45, 7) is 9.30. The summed E-state index contributed by atoms with van der Waals surface area (Å²) < 4.78 is 0. The summed E-state index contributed by atoms with van der Waals surface area (Å²) in [6, 6.07) is 7.74. The van der Waals surface area contributed by atoms with Gasteiger partial charge in [0.1, 0.15) is 6.04 Å². The predicted molar refractivity (Wildman–Crippen MR) is 137 cm³/mol. The molecule has 3 heterocycles. The largest absolute Gasteiger partial charge is 0.369 e. The number of amides is 3. The van der Waals surface area contributed by atoms with Gasteiger partial charge in [-0.3, -0.25) is 19.3 Å². The fourth-order valence-corrected chi connectivity index (χ4v) is 5.84. The van der Waals surface area contributed by atoms with E-state index in [1.54, 1.807) is 14.0 Å². The lowest BCUT2D eigenvalue weighted by molar-refractivity contribution is -0.145. The van der Waals surface area contributed by atoms with E-state index in [-0.39, 0.29) is 29.2 Å². The van der Waals surface area contributed by atoms with Gasteiger partial charge in [0, 0.05) is 76.5 Å². The Labute approximate surface area is 213 Å². The quantitative estimate of drug-likeness (QED) is 0.644. The molecule has 35 heavy (non-hydrogen) atoms. The van der Waals surface area contributed by atoms with E-state index >= 15 is 0 Å². The normalized spacial score (nSPS) is 23.3. The summed E-state index contributed by atoms with van der Waals surface area (Å²) in [5.74, 6) is -0.0121. The Morgan fingerprint density at radius 1 is 1.17 bits per heavy atom. The third kappa shape index (κ3) is 5.75. The highest BCUT2D eigenvalue weighted by molar-refractivity contribution is 6.30. The van der Waals surface area contributed by atoms with Crippen LogP contribution in [0.1, 0.15) is 39.5 Å². The molecule has 1 spiro atoms. The Morgan fingerprint density at radius 3 is 2.49 bits per heavy atom. The molecule has 0 unspecified atom stereocenters. The zero-order chi connectivity index (χ0) is 25.2. The average molecular weight is 504 g/mol. The van der Waals surface area contributed by atoms with Crippen molar-refractivity contribution in [3.63, 3.8) is 0 Å². The van der Waals surface area contributed by atoms with Crippen molar-refractivity contribution in [1.29, 1.82) is 0 Å². The fraction of sp³-hybridized carbons (Fsp3) is 0.654. The first-order valence-corrected chi connectivity index (χ1v) is 13.1. The van der Waals surface area contributed by atoms with Gasteiger partial charge >= 0.3 is 0 Å². The van der Waals surface area contributed by atoms with E-state index < -0.39 is 6.04 Å². The number of anilines is 1. The molecule has 3 amide bonds. The molecule has 0 radical (unpaired) electrons. The molecule has 192 valence electrons. The van der Waals surface area contributed by atoms with Crippen LogP contribution < -0.4 is 10.2 Å². The Kier molecular flexibility index (Phi) is 7.91. The second-order valence-electron chi connectivity index (χ2n) is 10.4. The third-order valence-corrected chi connectivity index (χ3v) is 8.50. The zero-order valence-electron chi connectivity index (χ0n) is 21.1. The number of nitrogens with zero attached hydrogens (tertiary/aromatic N) is 4. The Hall–Kier alpha value is -2.32. The van der Waals surface area contributed by atoms with Crippen LogP contribution in [0.15, 0.2) is 24.3 Å². The van der Waals surface area contributed by atoms with Crippen molar-refractivity contribution in [2.24, 2.45) is 5.41 Å². The molecule has 1 aromatic carbocycles. The van der Waals surface area contributed by atoms with E-state index in [0.29, 0.717) is 25.9 Å². The average Bonchev–Trinajstić information content (AvgIpc) is 3.16. The number of hydrogen-bond donors (Lipinski definition) is 1. The van der Waals surface area contributed by atoms with Crippen LogP contribution in [0.5, 0.6) is 0 Å². The molecule has 0 aliphatic carbocycles. The SMILES string of the molecule is CC(=O)N(C)[C@H](C)C(=O)N1CCC2(CC1)C[C@H](CCN1CCN(c3cccc(Cl)c3)CC1)NC2=O. The minimum Gasteiger partial charge on any atom is -0.369 e. The van der Waals surface area contributed by atoms with E-state index in [2.05, 4.69) is 21.2 Å². The van der Waals surface area contributed by atoms with Crippen molar-refractivity contribution < 1.29 is 14.4 Å². The highest BCUT2D eigenvalue weighted by Crippen LogP contribution is 2.41. The molecule has 0 bridgehead atoms. The first kappa shape index (κ1) is 25.8. The van der Waals surface area contributed by atoms with E-state index in [1.807, 2.05) is 23.1 Å². The first-order valence-electron chi connectivity index (χ1n) is 12.7. The molecule has 1 aromatic rings. The smallest absolute Gasteiger partial charge is 0.245 e. The second-order valence-corrected chi connectivity index (χ2v) is 10.8. The summed E-state index contributed by atoms with van der Waals surface area (Å²) in [7, 11) is 1.66. The second kappa shape index (κ2) is 10.7. The number of piperidine rings is 1. The summed E-state index contributed by atoms with van der Waals surface area (Å²) in [5.41, 5.74) is 0.817. The minimum atomic E-state index is -0.481. The van der Waals surface area contributed by atoms with Crippen LogP contribution in [-0.2, 0) is 14.4 Å². The zero-order valence-corrected chi connectivity index (χ0v) is 21.9. The summed E-state index contributed by atoms with van der Waals surface area (Å²) in [5, 5.41) is 4.02. The molecule has 1 N–H and O–H groups in total.